The molecule has 0 aliphatic carbocycles. The Bertz CT molecular complexity index is 828. The third-order valence-corrected chi connectivity index (χ3v) is 7.15. The van der Waals surface area contributed by atoms with Gasteiger partial charge in [0.25, 0.3) is 0 Å². The second kappa shape index (κ2) is 6.45. The topological polar surface area (TPSA) is 80.3 Å². The molecule has 0 radical (unpaired) electrons. The number of sulfone groups is 1. The van der Waals surface area contributed by atoms with Crippen molar-refractivity contribution in [2.24, 2.45) is 0 Å². The Kier molecular flexibility index (Phi) is 5.00. The van der Waals surface area contributed by atoms with Crippen molar-refractivity contribution in [3.8, 4) is 0 Å². The van der Waals surface area contributed by atoms with E-state index in [0.717, 1.165) is 29.7 Å². The zero-order valence-electron chi connectivity index (χ0n) is 11.6. The predicted molar refractivity (Wildman–Crippen MR) is 83.5 cm³/mol. The van der Waals surface area contributed by atoms with Gasteiger partial charge in [-0.25, -0.2) is 25.9 Å². The van der Waals surface area contributed by atoms with Gasteiger partial charge in [0, 0.05) is 6.54 Å². The fourth-order valence-electron chi connectivity index (χ4n) is 1.88. The number of thiophene rings is 1. The molecule has 5 nitrogen and oxygen atoms in total. The molecule has 120 valence electrons. The molecule has 0 amide bonds. The molecule has 9 heteroatoms. The summed E-state index contributed by atoms with van der Waals surface area (Å²) < 4.78 is 63.3. The first-order valence-corrected chi connectivity index (χ1v) is 10.5. The molecule has 22 heavy (non-hydrogen) atoms. The van der Waals surface area contributed by atoms with Crippen LogP contribution < -0.4 is 4.72 Å². The highest BCUT2D eigenvalue weighted by atomic mass is 32.2. The molecule has 1 N–H and O–H groups in total. The summed E-state index contributed by atoms with van der Waals surface area (Å²) in [6, 6.07) is 8.03. The summed E-state index contributed by atoms with van der Waals surface area (Å²) in [5.41, 5.74) is 0.325. The Balaban J connectivity index is 2.43. The SMILES string of the molecule is CS(=O)(=O)NCC(c1ccc(F)cc1)S(=O)(=O)c1cccs1. The first-order chi connectivity index (χ1) is 10.2. The normalized spacial score (nSPS) is 13.9. The van der Waals surface area contributed by atoms with Crippen LogP contribution in [0.4, 0.5) is 4.39 Å². The van der Waals surface area contributed by atoms with Crippen molar-refractivity contribution in [3.05, 3.63) is 53.2 Å². The van der Waals surface area contributed by atoms with E-state index in [-0.39, 0.29) is 10.8 Å². The molecule has 1 aromatic carbocycles. The Morgan fingerprint density at radius 1 is 1.14 bits per heavy atom. The van der Waals surface area contributed by atoms with Gasteiger partial charge >= 0.3 is 0 Å². The molecule has 0 spiro atoms. The van der Waals surface area contributed by atoms with Crippen molar-refractivity contribution in [3.63, 3.8) is 0 Å². The van der Waals surface area contributed by atoms with Gasteiger partial charge in [-0.05, 0) is 29.1 Å². The van der Waals surface area contributed by atoms with Gasteiger partial charge in [-0.3, -0.25) is 0 Å². The highest BCUT2D eigenvalue weighted by molar-refractivity contribution is 7.93. The molecular weight excluding hydrogens is 349 g/mol. The average Bonchev–Trinajstić information content (AvgIpc) is 2.94. The molecule has 1 atom stereocenters. The highest BCUT2D eigenvalue weighted by Crippen LogP contribution is 2.31. The van der Waals surface area contributed by atoms with E-state index in [0.29, 0.717) is 5.56 Å². The number of nitrogens with one attached hydrogen (secondary N) is 1. The van der Waals surface area contributed by atoms with Crippen molar-refractivity contribution in [2.45, 2.75) is 9.46 Å². The van der Waals surface area contributed by atoms with E-state index in [4.69, 9.17) is 0 Å². The van der Waals surface area contributed by atoms with Gasteiger partial charge in [0.05, 0.1) is 6.26 Å². The first kappa shape index (κ1) is 17.1. The summed E-state index contributed by atoms with van der Waals surface area (Å²) in [6.45, 7) is -0.315. The molecular formula is C13H14FNO4S3. The van der Waals surface area contributed by atoms with Crippen LogP contribution in [0.2, 0.25) is 0 Å². The monoisotopic (exact) mass is 363 g/mol. The van der Waals surface area contributed by atoms with Crippen LogP contribution in [0.3, 0.4) is 0 Å². The zero-order chi connectivity index (χ0) is 16.4. The Morgan fingerprint density at radius 3 is 2.27 bits per heavy atom. The second-order valence-electron chi connectivity index (χ2n) is 4.64. The summed E-state index contributed by atoms with van der Waals surface area (Å²) in [6.07, 6.45) is 0.951. The lowest BCUT2D eigenvalue weighted by atomic mass is 10.1. The van der Waals surface area contributed by atoms with Gasteiger partial charge in [0.1, 0.15) is 15.3 Å². The number of hydrogen-bond donors (Lipinski definition) is 1. The molecule has 1 unspecified atom stereocenters. The molecule has 1 aromatic heterocycles. The van der Waals surface area contributed by atoms with Crippen LogP contribution in [0.15, 0.2) is 46.0 Å². The number of rotatable bonds is 6. The maximum Gasteiger partial charge on any atom is 0.208 e. The Labute approximate surface area is 132 Å². The lowest BCUT2D eigenvalue weighted by molar-refractivity contribution is 0.572. The summed E-state index contributed by atoms with van der Waals surface area (Å²) >= 11 is 1.05. The average molecular weight is 363 g/mol. The van der Waals surface area contributed by atoms with Gasteiger partial charge in [-0.2, -0.15) is 0 Å². The van der Waals surface area contributed by atoms with Gasteiger partial charge in [0.15, 0.2) is 9.84 Å². The largest absolute Gasteiger partial charge is 0.222 e. The fourth-order valence-corrected chi connectivity index (χ4v) is 5.32. The van der Waals surface area contributed by atoms with E-state index in [1.165, 1.54) is 18.2 Å². The number of sulfonamides is 1. The summed E-state index contributed by atoms with van der Waals surface area (Å²) in [5.74, 6) is -0.493. The highest BCUT2D eigenvalue weighted by Gasteiger charge is 2.30. The molecule has 1 heterocycles. The van der Waals surface area contributed by atoms with Crippen molar-refractivity contribution in [2.75, 3.05) is 12.8 Å². The first-order valence-electron chi connectivity index (χ1n) is 6.17. The van der Waals surface area contributed by atoms with E-state index >= 15 is 0 Å². The van der Waals surface area contributed by atoms with Crippen LogP contribution in [0.1, 0.15) is 10.8 Å². The van der Waals surface area contributed by atoms with Crippen LogP contribution in [-0.4, -0.2) is 29.6 Å². The van der Waals surface area contributed by atoms with Crippen molar-refractivity contribution in [1.29, 1.82) is 0 Å². The van der Waals surface area contributed by atoms with E-state index in [1.54, 1.807) is 11.4 Å². The number of halogens is 1. The van der Waals surface area contributed by atoms with Gasteiger partial charge < -0.3 is 0 Å². The molecule has 0 aliphatic heterocycles. The molecule has 0 fully saturated rings. The van der Waals surface area contributed by atoms with Crippen LogP contribution in [0.5, 0.6) is 0 Å². The lowest BCUT2D eigenvalue weighted by Crippen LogP contribution is -2.31. The van der Waals surface area contributed by atoms with E-state index in [9.17, 15) is 21.2 Å². The third-order valence-electron chi connectivity index (χ3n) is 2.92. The quantitative estimate of drug-likeness (QED) is 0.851. The lowest BCUT2D eigenvalue weighted by Gasteiger charge is -2.17. The third kappa shape index (κ3) is 4.13. The summed E-state index contributed by atoms with van der Waals surface area (Å²) in [5, 5.41) is 0.500. The number of hydrogen-bond acceptors (Lipinski definition) is 5. The van der Waals surface area contributed by atoms with Crippen molar-refractivity contribution in [1.82, 2.24) is 4.72 Å². The molecule has 0 aliphatic rings. The van der Waals surface area contributed by atoms with Crippen LogP contribution >= 0.6 is 11.3 Å². The molecule has 0 saturated carbocycles. The second-order valence-corrected chi connectivity index (χ2v) is 9.78. The number of benzene rings is 1. The predicted octanol–water partition coefficient (Wildman–Crippen LogP) is 1.95. The molecule has 2 aromatic rings. The minimum Gasteiger partial charge on any atom is -0.222 e. The zero-order valence-corrected chi connectivity index (χ0v) is 14.0. The Morgan fingerprint density at radius 2 is 1.77 bits per heavy atom. The van der Waals surface area contributed by atoms with E-state index in [1.807, 2.05) is 0 Å². The standard InChI is InChI=1S/C13H14FNO4S3/c1-21(16,17)15-9-12(10-4-6-11(14)7-5-10)22(18,19)13-3-2-8-20-13/h2-8,12,15H,9H2,1H3. The van der Waals surface area contributed by atoms with Gasteiger partial charge in [0.2, 0.25) is 10.0 Å². The maximum atomic E-state index is 13.0. The minimum atomic E-state index is -3.78. The van der Waals surface area contributed by atoms with Crippen LogP contribution in [0.25, 0.3) is 0 Å². The molecule has 0 saturated heterocycles. The smallest absolute Gasteiger partial charge is 0.208 e. The van der Waals surface area contributed by atoms with E-state index < -0.39 is 30.9 Å². The van der Waals surface area contributed by atoms with E-state index in [2.05, 4.69) is 4.72 Å². The Hall–Kier alpha value is -1.29. The minimum absolute atomic E-state index is 0.136. The van der Waals surface area contributed by atoms with Gasteiger partial charge in [-0.15, -0.1) is 11.3 Å². The van der Waals surface area contributed by atoms with Crippen LogP contribution in [-0.2, 0) is 19.9 Å². The van der Waals surface area contributed by atoms with Crippen LogP contribution in [0, 0.1) is 5.82 Å². The van der Waals surface area contributed by atoms with Gasteiger partial charge in [-0.1, -0.05) is 18.2 Å². The van der Waals surface area contributed by atoms with Crippen molar-refractivity contribution >= 4 is 31.2 Å². The molecule has 0 bridgehead atoms. The summed E-state index contributed by atoms with van der Waals surface area (Å²) in [4.78, 5) is 0. The van der Waals surface area contributed by atoms with Crippen molar-refractivity contribution < 1.29 is 21.2 Å². The summed E-state index contributed by atoms with van der Waals surface area (Å²) in [7, 11) is -7.33. The maximum absolute atomic E-state index is 13.0. The fraction of sp³-hybridized carbons (Fsp3) is 0.231. The molecule has 2 rings (SSSR count).